The Morgan fingerprint density at radius 2 is 1.64 bits per heavy atom. The third kappa shape index (κ3) is 4.65. The molecule has 0 aliphatic carbocycles. The molecular formula is C20H20ClNO2S. The smallest absolute Gasteiger partial charge is 0.259 e. The van der Waals surface area contributed by atoms with Gasteiger partial charge in [-0.2, -0.15) is 0 Å². The van der Waals surface area contributed by atoms with Crippen LogP contribution in [0.1, 0.15) is 52.0 Å². The van der Waals surface area contributed by atoms with Crippen molar-refractivity contribution in [2.24, 2.45) is 0 Å². The Labute approximate surface area is 157 Å². The molecule has 3 nitrogen and oxygen atoms in total. The molecule has 2 amide bonds. The number of hydrogen-bond acceptors (Lipinski definition) is 3. The lowest BCUT2D eigenvalue weighted by Gasteiger charge is -2.06. The van der Waals surface area contributed by atoms with Gasteiger partial charge < -0.3 is 0 Å². The number of carbonyl (C=O) groups excluding carboxylic acids is 2. The molecule has 0 atom stereocenters. The van der Waals surface area contributed by atoms with E-state index in [1.54, 1.807) is 6.07 Å². The van der Waals surface area contributed by atoms with Gasteiger partial charge in [0.25, 0.3) is 11.8 Å². The summed E-state index contributed by atoms with van der Waals surface area (Å²) in [5.41, 5.74) is 2.07. The molecule has 1 N–H and O–H groups in total. The van der Waals surface area contributed by atoms with Crippen LogP contribution in [0.2, 0.25) is 5.02 Å². The number of fused-ring (bicyclic) bond motifs is 1. The molecule has 1 aliphatic heterocycles. The summed E-state index contributed by atoms with van der Waals surface area (Å²) in [7, 11) is 0. The zero-order chi connectivity index (χ0) is 17.6. The van der Waals surface area contributed by atoms with Gasteiger partial charge in [-0.3, -0.25) is 14.9 Å². The van der Waals surface area contributed by atoms with E-state index < -0.39 is 0 Å². The summed E-state index contributed by atoms with van der Waals surface area (Å²) in [6.45, 7) is 0. The van der Waals surface area contributed by atoms with Gasteiger partial charge >= 0.3 is 0 Å². The molecular weight excluding hydrogens is 354 g/mol. The minimum Gasteiger partial charge on any atom is -0.288 e. The number of thioether (sulfide) groups is 1. The molecule has 0 radical (unpaired) electrons. The fourth-order valence-corrected chi connectivity index (χ4v) is 4.03. The molecule has 0 saturated heterocycles. The van der Waals surface area contributed by atoms with E-state index >= 15 is 0 Å². The molecule has 3 rings (SSSR count). The van der Waals surface area contributed by atoms with E-state index in [0.717, 1.165) is 35.6 Å². The molecule has 0 unspecified atom stereocenters. The lowest BCUT2D eigenvalue weighted by Crippen LogP contribution is -2.20. The van der Waals surface area contributed by atoms with Gasteiger partial charge in [0.1, 0.15) is 0 Å². The van der Waals surface area contributed by atoms with Crippen LogP contribution in [0.25, 0.3) is 0 Å². The molecule has 0 bridgehead atoms. The first-order chi connectivity index (χ1) is 12.1. The van der Waals surface area contributed by atoms with E-state index in [1.165, 1.54) is 17.7 Å². The van der Waals surface area contributed by atoms with Gasteiger partial charge in [0.15, 0.2) is 0 Å². The number of halogens is 1. The van der Waals surface area contributed by atoms with Crippen LogP contribution in [0.5, 0.6) is 0 Å². The summed E-state index contributed by atoms with van der Waals surface area (Å²) in [5, 5.41) is 3.14. The van der Waals surface area contributed by atoms with Crippen molar-refractivity contribution < 1.29 is 9.59 Å². The Balaban J connectivity index is 1.38. The van der Waals surface area contributed by atoms with E-state index in [9.17, 15) is 9.59 Å². The molecule has 1 heterocycles. The summed E-state index contributed by atoms with van der Waals surface area (Å²) < 4.78 is 0. The van der Waals surface area contributed by atoms with E-state index in [-0.39, 0.29) is 11.8 Å². The highest BCUT2D eigenvalue weighted by molar-refractivity contribution is 7.99. The number of amides is 2. The Bertz CT molecular complexity index is 774. The molecule has 0 spiro atoms. The van der Waals surface area contributed by atoms with Gasteiger partial charge in [-0.1, -0.05) is 36.6 Å². The van der Waals surface area contributed by atoms with Crippen LogP contribution in [0, 0.1) is 0 Å². The highest BCUT2D eigenvalue weighted by Gasteiger charge is 2.28. The zero-order valence-corrected chi connectivity index (χ0v) is 15.5. The van der Waals surface area contributed by atoms with Crippen LogP contribution in [0.3, 0.4) is 0 Å². The molecule has 0 fully saturated rings. The summed E-state index contributed by atoms with van der Waals surface area (Å²) in [6, 6.07) is 13.5. The first-order valence-electron chi connectivity index (χ1n) is 8.51. The van der Waals surface area contributed by atoms with Crippen molar-refractivity contribution in [3.05, 3.63) is 64.2 Å². The number of rotatable bonds is 8. The van der Waals surface area contributed by atoms with Gasteiger partial charge in [-0.05, 0) is 60.9 Å². The van der Waals surface area contributed by atoms with Crippen LogP contribution in [-0.2, 0) is 6.42 Å². The normalized spacial score (nSPS) is 13.0. The molecule has 2 aromatic carbocycles. The Hall–Kier alpha value is -1.78. The first-order valence-corrected chi connectivity index (χ1v) is 9.87. The van der Waals surface area contributed by atoms with Crippen molar-refractivity contribution in [2.75, 3.05) is 5.75 Å². The lowest BCUT2D eigenvalue weighted by atomic mass is 9.98. The summed E-state index contributed by atoms with van der Waals surface area (Å²) in [4.78, 5) is 24.8. The van der Waals surface area contributed by atoms with Crippen molar-refractivity contribution in [1.82, 2.24) is 5.32 Å². The van der Waals surface area contributed by atoms with Gasteiger partial charge in [-0.25, -0.2) is 0 Å². The van der Waals surface area contributed by atoms with E-state index in [4.69, 9.17) is 11.6 Å². The molecule has 130 valence electrons. The lowest BCUT2D eigenvalue weighted by molar-refractivity contribution is 0.0879. The van der Waals surface area contributed by atoms with Gasteiger partial charge in [0.05, 0.1) is 11.1 Å². The van der Waals surface area contributed by atoms with Crippen LogP contribution < -0.4 is 5.32 Å². The largest absolute Gasteiger partial charge is 0.288 e. The first kappa shape index (κ1) is 18.0. The minimum atomic E-state index is -0.277. The quantitative estimate of drug-likeness (QED) is 0.397. The number of imide groups is 1. The highest BCUT2D eigenvalue weighted by Crippen LogP contribution is 2.23. The van der Waals surface area contributed by atoms with Crippen molar-refractivity contribution in [3.8, 4) is 0 Å². The zero-order valence-electron chi connectivity index (χ0n) is 13.9. The number of unbranched alkanes of at least 4 members (excludes halogenated alkanes) is 3. The molecule has 2 aromatic rings. The standard InChI is InChI=1S/C20H20ClNO2S/c21-15-9-11-16(12-10-15)25-13-4-2-1-3-6-14-7-5-8-17-18(14)20(24)22-19(17)23/h5,7-12H,1-4,6,13H2,(H,22,23,24). The van der Waals surface area contributed by atoms with Gasteiger partial charge in [0.2, 0.25) is 0 Å². The van der Waals surface area contributed by atoms with Gasteiger partial charge in [0, 0.05) is 9.92 Å². The van der Waals surface area contributed by atoms with Crippen molar-refractivity contribution in [1.29, 1.82) is 0 Å². The minimum absolute atomic E-state index is 0.255. The topological polar surface area (TPSA) is 46.2 Å². The predicted molar refractivity (Wildman–Crippen MR) is 103 cm³/mol. The van der Waals surface area contributed by atoms with E-state index in [1.807, 2.05) is 36.0 Å². The number of benzene rings is 2. The van der Waals surface area contributed by atoms with Crippen molar-refractivity contribution in [2.45, 2.75) is 37.0 Å². The molecule has 0 saturated carbocycles. The summed E-state index contributed by atoms with van der Waals surface area (Å²) in [5.74, 6) is 0.565. The molecule has 1 aliphatic rings. The monoisotopic (exact) mass is 373 g/mol. The van der Waals surface area contributed by atoms with Crippen LogP contribution in [-0.4, -0.2) is 17.6 Å². The van der Waals surface area contributed by atoms with Crippen LogP contribution in [0.15, 0.2) is 47.4 Å². The maximum absolute atomic E-state index is 11.9. The SMILES string of the molecule is O=C1NC(=O)c2c(CCCCCCSc3ccc(Cl)cc3)cccc21. The molecule has 5 heteroatoms. The maximum Gasteiger partial charge on any atom is 0.259 e. The van der Waals surface area contributed by atoms with Gasteiger partial charge in [-0.15, -0.1) is 11.8 Å². The average Bonchev–Trinajstić information content (AvgIpc) is 2.91. The second-order valence-electron chi connectivity index (χ2n) is 6.09. The van der Waals surface area contributed by atoms with Crippen molar-refractivity contribution in [3.63, 3.8) is 0 Å². The van der Waals surface area contributed by atoms with Crippen molar-refractivity contribution >= 4 is 35.2 Å². The third-order valence-electron chi connectivity index (χ3n) is 4.27. The van der Waals surface area contributed by atoms with E-state index in [2.05, 4.69) is 17.4 Å². The van der Waals surface area contributed by atoms with Crippen LogP contribution in [0.4, 0.5) is 0 Å². The summed E-state index contributed by atoms with van der Waals surface area (Å²) >= 11 is 7.73. The highest BCUT2D eigenvalue weighted by atomic mass is 35.5. The fourth-order valence-electron chi connectivity index (χ4n) is 2.99. The number of carbonyl (C=O) groups is 2. The predicted octanol–water partition coefficient (Wildman–Crippen LogP) is 5.12. The second kappa shape index (κ2) is 8.54. The molecule has 0 aromatic heterocycles. The Morgan fingerprint density at radius 3 is 2.44 bits per heavy atom. The number of hydrogen-bond donors (Lipinski definition) is 1. The van der Waals surface area contributed by atoms with E-state index in [0.29, 0.717) is 11.1 Å². The Morgan fingerprint density at radius 1 is 0.880 bits per heavy atom. The molecule has 25 heavy (non-hydrogen) atoms. The fraction of sp³-hybridized carbons (Fsp3) is 0.300. The Kier molecular flexibility index (Phi) is 6.16. The summed E-state index contributed by atoms with van der Waals surface area (Å²) in [6.07, 6.45) is 5.33. The number of aryl methyl sites for hydroxylation is 1. The van der Waals surface area contributed by atoms with Crippen LogP contribution >= 0.6 is 23.4 Å². The third-order valence-corrected chi connectivity index (χ3v) is 5.62. The average molecular weight is 374 g/mol. The second-order valence-corrected chi connectivity index (χ2v) is 7.69. The maximum atomic E-state index is 11.9. The number of nitrogens with one attached hydrogen (secondary N) is 1.